The zero-order valence-corrected chi connectivity index (χ0v) is 17.1. The molecule has 1 unspecified atom stereocenters. The van der Waals surface area contributed by atoms with Crippen LogP contribution in [0.25, 0.3) is 22.0 Å². The van der Waals surface area contributed by atoms with E-state index in [9.17, 15) is 4.79 Å². The number of hydrogen-bond donors (Lipinski definition) is 3. The number of hydrogen-bond acceptors (Lipinski definition) is 5. The van der Waals surface area contributed by atoms with Crippen LogP contribution >= 0.6 is 0 Å². The van der Waals surface area contributed by atoms with Gasteiger partial charge in [-0.3, -0.25) is 5.32 Å². The van der Waals surface area contributed by atoms with Crippen molar-refractivity contribution in [1.29, 1.82) is 5.26 Å². The minimum atomic E-state index is -0.435. The number of nitrogen functional groups attached to an aromatic ring is 1. The smallest absolute Gasteiger partial charge is 0.324 e. The van der Waals surface area contributed by atoms with Crippen LogP contribution in [0.1, 0.15) is 18.5 Å². The molecule has 154 valence electrons. The van der Waals surface area contributed by atoms with Crippen molar-refractivity contribution >= 4 is 34.1 Å². The van der Waals surface area contributed by atoms with E-state index in [2.05, 4.69) is 26.7 Å². The number of benzene rings is 1. The van der Waals surface area contributed by atoms with E-state index in [0.717, 1.165) is 22.2 Å². The number of fused-ring (bicyclic) bond motifs is 1. The molecule has 31 heavy (non-hydrogen) atoms. The van der Waals surface area contributed by atoms with Crippen LogP contribution in [-0.4, -0.2) is 20.6 Å². The number of amides is 2. The lowest BCUT2D eigenvalue weighted by molar-refractivity contribution is 0.262. The second-order valence-corrected chi connectivity index (χ2v) is 7.23. The van der Waals surface area contributed by atoms with Gasteiger partial charge in [0.15, 0.2) is 0 Å². The first-order valence-electron chi connectivity index (χ1n) is 9.72. The Hall–Kier alpha value is -4.38. The summed E-state index contributed by atoms with van der Waals surface area (Å²) in [5, 5.41) is 16.0. The molecule has 0 fully saturated rings. The van der Waals surface area contributed by atoms with Crippen LogP contribution in [0.5, 0.6) is 0 Å². The summed E-state index contributed by atoms with van der Waals surface area (Å²) in [5.74, 6) is 0.767. The third kappa shape index (κ3) is 4.16. The van der Waals surface area contributed by atoms with E-state index in [1.165, 1.54) is 0 Å². The van der Waals surface area contributed by atoms with Crippen LogP contribution in [0.2, 0.25) is 0 Å². The molecule has 4 N–H and O–H groups in total. The van der Waals surface area contributed by atoms with Crippen LogP contribution in [0.15, 0.2) is 61.1 Å². The molecule has 0 saturated carbocycles. The van der Waals surface area contributed by atoms with E-state index in [1.54, 1.807) is 42.2 Å². The number of rotatable bonds is 4. The van der Waals surface area contributed by atoms with E-state index in [4.69, 9.17) is 11.0 Å². The van der Waals surface area contributed by atoms with Crippen molar-refractivity contribution < 1.29 is 4.79 Å². The van der Waals surface area contributed by atoms with E-state index < -0.39 is 6.03 Å². The molecular weight excluding hydrogens is 390 g/mol. The summed E-state index contributed by atoms with van der Waals surface area (Å²) in [7, 11) is 0. The third-order valence-electron chi connectivity index (χ3n) is 5.01. The second-order valence-electron chi connectivity index (χ2n) is 7.23. The van der Waals surface area contributed by atoms with Crippen molar-refractivity contribution in [2.75, 3.05) is 16.4 Å². The Morgan fingerprint density at radius 1 is 1.23 bits per heavy atom. The number of nitrogens with two attached hydrogens (primary N) is 1. The van der Waals surface area contributed by atoms with Crippen LogP contribution in [-0.2, 0) is 0 Å². The first kappa shape index (κ1) is 19.9. The van der Waals surface area contributed by atoms with Gasteiger partial charge in [-0.25, -0.2) is 14.8 Å². The largest absolute Gasteiger partial charge is 0.383 e. The average Bonchev–Trinajstić information content (AvgIpc) is 3.21. The number of nitrogens with one attached hydrogen (secondary N) is 2. The highest BCUT2D eigenvalue weighted by Crippen LogP contribution is 2.29. The van der Waals surface area contributed by atoms with Gasteiger partial charge in [-0.15, -0.1) is 0 Å². The maximum Gasteiger partial charge on any atom is 0.324 e. The molecule has 0 aliphatic carbocycles. The van der Waals surface area contributed by atoms with Gasteiger partial charge in [-0.05, 0) is 43.0 Å². The quantitative estimate of drug-likeness (QED) is 0.449. The van der Waals surface area contributed by atoms with Crippen molar-refractivity contribution in [3.63, 3.8) is 0 Å². The summed E-state index contributed by atoms with van der Waals surface area (Å²) in [4.78, 5) is 21.2. The predicted molar refractivity (Wildman–Crippen MR) is 122 cm³/mol. The SMILES string of the molecule is Cc1ccccc1-c1cc2cc(NC(=O)Nc3ccn(C(C)C#N)c3)ncc2c(N)n1. The minimum absolute atomic E-state index is 0.317. The average molecular weight is 411 g/mol. The first-order chi connectivity index (χ1) is 14.9. The van der Waals surface area contributed by atoms with Crippen LogP contribution in [0.3, 0.4) is 0 Å². The lowest BCUT2D eigenvalue weighted by atomic mass is 10.0. The number of nitrogens with zero attached hydrogens (tertiary/aromatic N) is 4. The fourth-order valence-corrected chi connectivity index (χ4v) is 3.31. The topological polar surface area (TPSA) is 122 Å². The fraction of sp³-hybridized carbons (Fsp3) is 0.130. The van der Waals surface area contributed by atoms with Crippen LogP contribution < -0.4 is 16.4 Å². The predicted octanol–water partition coefficient (Wildman–Crippen LogP) is 4.72. The molecule has 0 radical (unpaired) electrons. The number of carbonyl (C=O) groups excluding carboxylic acids is 1. The zero-order chi connectivity index (χ0) is 22.0. The molecule has 0 saturated heterocycles. The van der Waals surface area contributed by atoms with Crippen molar-refractivity contribution in [2.24, 2.45) is 0 Å². The second kappa shape index (κ2) is 8.16. The van der Waals surface area contributed by atoms with Gasteiger partial charge in [0.1, 0.15) is 17.7 Å². The molecule has 3 heterocycles. The molecule has 0 aliphatic heterocycles. The molecule has 3 aromatic heterocycles. The molecule has 0 bridgehead atoms. The number of anilines is 3. The molecule has 8 nitrogen and oxygen atoms in total. The van der Waals surface area contributed by atoms with Crippen LogP contribution in [0, 0.1) is 18.3 Å². The Morgan fingerprint density at radius 3 is 2.81 bits per heavy atom. The molecule has 8 heteroatoms. The Kier molecular flexibility index (Phi) is 5.24. The number of nitriles is 1. The lowest BCUT2D eigenvalue weighted by Crippen LogP contribution is -2.19. The fourth-order valence-electron chi connectivity index (χ4n) is 3.31. The summed E-state index contributed by atoms with van der Waals surface area (Å²) >= 11 is 0. The monoisotopic (exact) mass is 411 g/mol. The van der Waals surface area contributed by atoms with Gasteiger partial charge >= 0.3 is 6.03 Å². The molecule has 0 aliphatic rings. The summed E-state index contributed by atoms with van der Waals surface area (Å²) in [6, 6.07) is 14.8. The van der Waals surface area contributed by atoms with E-state index in [-0.39, 0.29) is 6.04 Å². The molecule has 2 amide bonds. The summed E-state index contributed by atoms with van der Waals surface area (Å²) in [6.07, 6.45) is 5.03. The highest BCUT2D eigenvalue weighted by molar-refractivity contribution is 6.01. The van der Waals surface area contributed by atoms with Gasteiger partial charge in [-0.1, -0.05) is 24.3 Å². The van der Waals surface area contributed by atoms with Gasteiger partial charge in [0, 0.05) is 29.5 Å². The summed E-state index contributed by atoms with van der Waals surface area (Å²) in [5.41, 5.74) is 9.59. The lowest BCUT2D eigenvalue weighted by Gasteiger charge is -2.10. The van der Waals surface area contributed by atoms with Gasteiger partial charge in [0.25, 0.3) is 0 Å². The third-order valence-corrected chi connectivity index (χ3v) is 5.01. The number of aromatic nitrogens is 3. The zero-order valence-electron chi connectivity index (χ0n) is 17.1. The maximum atomic E-state index is 12.4. The maximum absolute atomic E-state index is 12.4. The van der Waals surface area contributed by atoms with Gasteiger partial charge in [-0.2, -0.15) is 5.26 Å². The van der Waals surface area contributed by atoms with E-state index in [0.29, 0.717) is 22.7 Å². The molecule has 1 aromatic carbocycles. The normalized spacial score (nSPS) is 11.6. The Balaban J connectivity index is 1.57. The molecule has 0 spiro atoms. The Bertz CT molecular complexity index is 1320. The van der Waals surface area contributed by atoms with Crippen molar-refractivity contribution in [2.45, 2.75) is 19.9 Å². The Morgan fingerprint density at radius 2 is 2.03 bits per heavy atom. The number of urea groups is 1. The van der Waals surface area contributed by atoms with E-state index >= 15 is 0 Å². The van der Waals surface area contributed by atoms with Gasteiger partial charge in [0.05, 0.1) is 17.5 Å². The Labute approximate surface area is 179 Å². The first-order valence-corrected chi connectivity index (χ1v) is 9.72. The van der Waals surface area contributed by atoms with Gasteiger partial charge < -0.3 is 15.6 Å². The van der Waals surface area contributed by atoms with E-state index in [1.807, 2.05) is 37.3 Å². The molecule has 1 atom stereocenters. The number of aryl methyl sites for hydroxylation is 1. The standard InChI is InChI=1S/C23H21N7O/c1-14-5-3-4-6-18(14)20-9-16-10-21(26-12-19(16)22(25)28-20)29-23(31)27-17-7-8-30(13-17)15(2)11-24/h3-10,12-13,15H,1-2H3,(H2,25,28)(H2,26,27,29,31). The number of pyridine rings is 2. The van der Waals surface area contributed by atoms with Gasteiger partial charge in [0.2, 0.25) is 0 Å². The van der Waals surface area contributed by atoms with Crippen molar-refractivity contribution in [3.05, 3.63) is 66.6 Å². The van der Waals surface area contributed by atoms with Crippen molar-refractivity contribution in [1.82, 2.24) is 14.5 Å². The van der Waals surface area contributed by atoms with Crippen LogP contribution in [0.4, 0.5) is 22.1 Å². The summed E-state index contributed by atoms with van der Waals surface area (Å²) in [6.45, 7) is 3.79. The highest BCUT2D eigenvalue weighted by Gasteiger charge is 2.11. The highest BCUT2D eigenvalue weighted by atomic mass is 16.2. The molecular formula is C23H21N7O. The minimum Gasteiger partial charge on any atom is -0.383 e. The van der Waals surface area contributed by atoms with Crippen molar-refractivity contribution in [3.8, 4) is 17.3 Å². The number of carbonyl (C=O) groups is 1. The molecule has 4 aromatic rings. The summed E-state index contributed by atoms with van der Waals surface area (Å²) < 4.78 is 1.72. The molecule has 4 rings (SSSR count).